The maximum absolute atomic E-state index is 14.7. The number of para-hydroxylation sites is 1. The second-order valence-corrected chi connectivity index (χ2v) is 23.4. The summed E-state index contributed by atoms with van der Waals surface area (Å²) in [4.78, 5) is 71.1. The summed E-state index contributed by atoms with van der Waals surface area (Å²) < 4.78 is 22.5. The van der Waals surface area contributed by atoms with Crippen molar-refractivity contribution in [1.82, 2.24) is 20.5 Å². The van der Waals surface area contributed by atoms with Crippen molar-refractivity contribution in [2.75, 3.05) is 20.3 Å². The van der Waals surface area contributed by atoms with Crippen molar-refractivity contribution >= 4 is 72.3 Å². The van der Waals surface area contributed by atoms with Crippen LogP contribution in [0, 0.1) is 0 Å². The van der Waals surface area contributed by atoms with Crippen LogP contribution in [-0.2, 0) is 39.8 Å². The maximum atomic E-state index is 14.7. The maximum Gasteiger partial charge on any atom is 0.408 e. The molecule has 3 aromatic rings. The lowest BCUT2D eigenvalue weighted by Crippen LogP contribution is -2.55. The third kappa shape index (κ3) is 15.5. The van der Waals surface area contributed by atoms with Crippen LogP contribution < -0.4 is 15.1 Å². The number of benzene rings is 2. The summed E-state index contributed by atoms with van der Waals surface area (Å²) in [7, 11) is -0.820. The molecule has 0 aliphatic carbocycles. The van der Waals surface area contributed by atoms with E-state index in [1.54, 1.807) is 39.0 Å². The van der Waals surface area contributed by atoms with Crippen molar-refractivity contribution in [2.45, 2.75) is 129 Å². The first-order valence-corrected chi connectivity index (χ1v) is 24.4. The molecule has 0 saturated carbocycles. The molecule has 1 heterocycles. The van der Waals surface area contributed by atoms with Crippen molar-refractivity contribution in [1.29, 1.82) is 0 Å². The number of ether oxygens (including phenoxy) is 3. The smallest absolute Gasteiger partial charge is 0.408 e. The fraction of sp³-hybridized carbons (Fsp3) is 0.500. The van der Waals surface area contributed by atoms with Crippen molar-refractivity contribution in [3.63, 3.8) is 0 Å². The lowest BCUT2D eigenvalue weighted by molar-refractivity contribution is -0.145. The van der Waals surface area contributed by atoms with Crippen LogP contribution in [0.25, 0.3) is 10.9 Å². The quantitative estimate of drug-likeness (QED) is 0.0329. The summed E-state index contributed by atoms with van der Waals surface area (Å²) in [5, 5.41) is 6.82. The number of allylic oxidation sites excluding steroid dienone is 1. The van der Waals surface area contributed by atoms with Crippen LogP contribution in [0.1, 0.15) is 98.2 Å². The highest BCUT2D eigenvalue weighted by molar-refractivity contribution is 6.74. The number of alkyl carbamates (subject to hydrolysis) is 1. The minimum atomic E-state index is -2.29. The Bertz CT molecular complexity index is 2100. The largest absolute Gasteiger partial charge is 0.543 e. The van der Waals surface area contributed by atoms with E-state index in [0.29, 0.717) is 39.9 Å². The number of H-pyrrole nitrogens is 1. The van der Waals surface area contributed by atoms with Gasteiger partial charge in [-0.2, -0.15) is 0 Å². The lowest BCUT2D eigenvalue weighted by Gasteiger charge is -2.36. The number of likely N-dealkylation sites (N-methyl/N-ethyl adjacent to an activating group) is 1. The number of nitrogens with zero attached hydrogens (tertiary/aromatic N) is 1. The number of aromatic nitrogens is 1. The first-order valence-electron chi connectivity index (χ1n) is 20.7. The van der Waals surface area contributed by atoms with Gasteiger partial charge in [0.25, 0.3) is 8.32 Å². The molecular weight excluding hydrogens is 852 g/mol. The van der Waals surface area contributed by atoms with Gasteiger partial charge in [0.1, 0.15) is 35.2 Å². The number of amides is 3. The molecule has 0 bridgehead atoms. The average molecular weight is 916 g/mol. The molecular formula is C46H64Cl2N4O9Si. The molecule has 3 N–H and O–H groups in total. The number of carbonyl (C=O) groups is 5. The number of carbonyl (C=O) groups excluding carboxylic acids is 5. The molecule has 13 nitrogen and oxygen atoms in total. The molecule has 2 aromatic carbocycles. The van der Waals surface area contributed by atoms with Gasteiger partial charge in [-0.1, -0.05) is 92.5 Å². The van der Waals surface area contributed by atoms with E-state index in [-0.39, 0.29) is 43.5 Å². The van der Waals surface area contributed by atoms with Crippen molar-refractivity contribution in [3.05, 3.63) is 88.1 Å². The van der Waals surface area contributed by atoms with Crippen LogP contribution in [0.3, 0.4) is 0 Å². The molecule has 16 heteroatoms. The van der Waals surface area contributed by atoms with Crippen LogP contribution in [0.15, 0.2) is 66.8 Å². The number of aromatic amines is 1. The van der Waals surface area contributed by atoms with Gasteiger partial charge in [0.15, 0.2) is 0 Å². The van der Waals surface area contributed by atoms with E-state index in [1.807, 2.05) is 37.3 Å². The Morgan fingerprint density at radius 3 is 2.26 bits per heavy atom. The van der Waals surface area contributed by atoms with E-state index in [1.165, 1.54) is 24.9 Å². The van der Waals surface area contributed by atoms with Crippen LogP contribution >= 0.6 is 23.2 Å². The van der Waals surface area contributed by atoms with Gasteiger partial charge in [0, 0.05) is 30.8 Å². The monoisotopic (exact) mass is 914 g/mol. The topological polar surface area (TPSA) is 165 Å². The Kier molecular flexibility index (Phi) is 18.7. The van der Waals surface area contributed by atoms with Crippen molar-refractivity contribution < 1.29 is 42.6 Å². The zero-order valence-corrected chi connectivity index (χ0v) is 40.5. The standard InChI is InChI=1S/C46H64Cl2N4O9Si/c1-13-24-58-39(53)23-20-29(2)17-16-25-59-40(54)28-36(31-21-22-38(34(47)26-31)61-62(11,12)46(7,8)9)51-42(55)37(27-33-32-18-14-15-19-35(32)50-41(33)48)52(10)43(56)30(3)49-44(57)60-45(4,5)6/h13-15,17-19,21-22,26,30,36-37,50H,1,16,20,23-25,27-28H2,2-12H3,(H,49,57)(H,51,55)/t30-,36+,37+/m0/s1. The first-order chi connectivity index (χ1) is 28.8. The van der Waals surface area contributed by atoms with Crippen LogP contribution in [0.4, 0.5) is 4.79 Å². The van der Waals surface area contributed by atoms with Gasteiger partial charge in [0.05, 0.1) is 24.1 Å². The molecule has 3 rings (SSSR count). The molecule has 0 radical (unpaired) electrons. The van der Waals surface area contributed by atoms with Gasteiger partial charge in [-0.15, -0.1) is 0 Å². The summed E-state index contributed by atoms with van der Waals surface area (Å²) in [6.07, 6.45) is 3.41. The fourth-order valence-electron chi connectivity index (χ4n) is 6.06. The molecule has 0 aliphatic heterocycles. The van der Waals surface area contributed by atoms with Crippen LogP contribution in [0.2, 0.25) is 28.3 Å². The average Bonchev–Trinajstić information content (AvgIpc) is 3.49. The van der Waals surface area contributed by atoms with Gasteiger partial charge in [-0.3, -0.25) is 19.2 Å². The highest BCUT2D eigenvalue weighted by Crippen LogP contribution is 2.40. The van der Waals surface area contributed by atoms with Crippen LogP contribution in [-0.4, -0.2) is 86.0 Å². The molecule has 0 saturated heterocycles. The van der Waals surface area contributed by atoms with Crippen molar-refractivity contribution in [3.8, 4) is 5.75 Å². The third-order valence-corrected chi connectivity index (χ3v) is 15.5. The lowest BCUT2D eigenvalue weighted by atomic mass is 9.99. The Hall–Kier alpha value is -4.79. The molecule has 1 aromatic heterocycles. The second-order valence-electron chi connectivity index (χ2n) is 17.8. The predicted octanol–water partition coefficient (Wildman–Crippen LogP) is 9.78. The summed E-state index contributed by atoms with van der Waals surface area (Å²) in [5.41, 5.74) is 1.97. The zero-order valence-electron chi connectivity index (χ0n) is 38.0. The summed E-state index contributed by atoms with van der Waals surface area (Å²) in [6, 6.07) is 9.31. The molecule has 0 spiro atoms. The zero-order chi connectivity index (χ0) is 46.6. The minimum absolute atomic E-state index is 0.0229. The Morgan fingerprint density at radius 1 is 0.952 bits per heavy atom. The molecule has 3 atom stereocenters. The van der Waals surface area contributed by atoms with E-state index >= 15 is 0 Å². The van der Waals surface area contributed by atoms with E-state index in [0.717, 1.165) is 16.5 Å². The summed E-state index contributed by atoms with van der Waals surface area (Å²) in [5.74, 6) is -1.62. The second kappa shape index (κ2) is 22.5. The predicted molar refractivity (Wildman–Crippen MR) is 247 cm³/mol. The van der Waals surface area contributed by atoms with Gasteiger partial charge in [-0.25, -0.2) is 4.79 Å². The van der Waals surface area contributed by atoms with Gasteiger partial charge in [-0.05, 0) is 94.9 Å². The van der Waals surface area contributed by atoms with E-state index in [4.69, 9.17) is 41.8 Å². The Morgan fingerprint density at radius 2 is 1.63 bits per heavy atom. The highest BCUT2D eigenvalue weighted by Gasteiger charge is 2.40. The van der Waals surface area contributed by atoms with Gasteiger partial charge >= 0.3 is 18.0 Å². The Labute approximate surface area is 377 Å². The number of rotatable bonds is 20. The molecule has 340 valence electrons. The molecule has 0 fully saturated rings. The van der Waals surface area contributed by atoms with Crippen LogP contribution in [0.5, 0.6) is 5.75 Å². The number of nitrogens with one attached hydrogen (secondary N) is 3. The van der Waals surface area contributed by atoms with Gasteiger partial charge < -0.3 is 39.2 Å². The highest BCUT2D eigenvalue weighted by atomic mass is 35.5. The number of hydrogen-bond acceptors (Lipinski definition) is 9. The van der Waals surface area contributed by atoms with E-state index in [9.17, 15) is 24.0 Å². The summed E-state index contributed by atoms with van der Waals surface area (Å²) >= 11 is 13.6. The van der Waals surface area contributed by atoms with Gasteiger partial charge in [0.2, 0.25) is 11.8 Å². The first kappa shape index (κ1) is 51.6. The number of halogens is 2. The van der Waals surface area contributed by atoms with E-state index < -0.39 is 55.9 Å². The SMILES string of the molecule is C=CCOC(=O)CCC(C)=CCCOC(=O)C[C@@H](NC(=O)[C@@H](Cc1c(Cl)[nH]c2ccccc12)N(C)C(=O)[C@H](C)NC(=O)OC(C)(C)C)c1ccc(O[Si](C)(C)C(C)(C)C)c(Cl)c1. The normalized spacial score (nSPS) is 13.7. The molecule has 3 amide bonds. The molecule has 0 aliphatic rings. The van der Waals surface area contributed by atoms with Crippen molar-refractivity contribution in [2.24, 2.45) is 0 Å². The fourth-order valence-corrected chi connectivity index (χ4v) is 7.67. The summed E-state index contributed by atoms with van der Waals surface area (Å²) in [6.45, 7) is 22.8. The molecule has 0 unspecified atom stereocenters. The minimum Gasteiger partial charge on any atom is -0.543 e. The number of fused-ring (bicyclic) bond motifs is 1. The number of esters is 2. The van der Waals surface area contributed by atoms with E-state index in [2.05, 4.69) is 56.1 Å². The number of hydrogen-bond donors (Lipinski definition) is 3. The Balaban J connectivity index is 1.96. The third-order valence-electron chi connectivity index (χ3n) is 10.6. The molecule has 62 heavy (non-hydrogen) atoms.